The largest absolute Gasteiger partial charge is 0.371 e. The molecule has 5 heteroatoms. The molecular weight excluding hydrogens is 252 g/mol. The molecule has 1 aromatic heterocycles. The van der Waals surface area contributed by atoms with Crippen LogP contribution in [0.5, 0.6) is 0 Å². The quantitative estimate of drug-likeness (QED) is 0.802. The number of nitrogens with zero attached hydrogens (tertiary/aromatic N) is 3. The fourth-order valence-electron chi connectivity index (χ4n) is 3.13. The highest BCUT2D eigenvalue weighted by molar-refractivity contribution is 5.53. The van der Waals surface area contributed by atoms with Crippen LogP contribution in [0, 0.1) is 0 Å². The monoisotopic (exact) mass is 272 g/mol. The van der Waals surface area contributed by atoms with Crippen LogP contribution in [0.3, 0.4) is 0 Å². The molecule has 2 aliphatic heterocycles. The Morgan fingerprint density at radius 2 is 1.95 bits per heavy atom. The van der Waals surface area contributed by atoms with Gasteiger partial charge in [0.2, 0.25) is 0 Å². The minimum atomic E-state index is 0.478. The number of aromatic nitrogens is 1. The first-order chi connectivity index (χ1) is 9.88. The molecule has 1 N–H and O–H groups in total. The standard InChI is InChI=1S/C15H20N4O/c20-12-15-11-17-7-10-19(15)14-3-8-18(9-4-14)13-1-5-16-6-2-13/h1-2,5-6,14,17H,3-4,7-11H2. The number of carbonyl (C=O) groups excluding carboxylic acids is 1. The lowest BCUT2D eigenvalue weighted by Crippen LogP contribution is -2.51. The van der Waals surface area contributed by atoms with Gasteiger partial charge in [-0.05, 0) is 25.0 Å². The number of pyridine rings is 1. The molecule has 0 saturated carbocycles. The highest BCUT2D eigenvalue weighted by atomic mass is 16.1. The lowest BCUT2D eigenvalue weighted by molar-refractivity contribution is 0.196. The van der Waals surface area contributed by atoms with Gasteiger partial charge in [0.25, 0.3) is 0 Å². The second-order valence-corrected chi connectivity index (χ2v) is 5.34. The van der Waals surface area contributed by atoms with Crippen molar-refractivity contribution in [2.24, 2.45) is 0 Å². The SMILES string of the molecule is O=C=C1CNCCN1C1CCN(c2ccncc2)CC1. The van der Waals surface area contributed by atoms with Gasteiger partial charge in [0, 0.05) is 56.8 Å². The molecule has 20 heavy (non-hydrogen) atoms. The average molecular weight is 272 g/mol. The van der Waals surface area contributed by atoms with Crippen molar-refractivity contribution in [3.8, 4) is 0 Å². The van der Waals surface area contributed by atoms with Gasteiger partial charge in [0.15, 0.2) is 0 Å². The Balaban J connectivity index is 1.62. The third-order valence-corrected chi connectivity index (χ3v) is 4.22. The summed E-state index contributed by atoms with van der Waals surface area (Å²) >= 11 is 0. The van der Waals surface area contributed by atoms with Gasteiger partial charge in [-0.15, -0.1) is 0 Å². The van der Waals surface area contributed by atoms with Crippen LogP contribution in [0.2, 0.25) is 0 Å². The number of nitrogens with one attached hydrogen (secondary N) is 1. The van der Waals surface area contributed by atoms with Crippen LogP contribution in [0.4, 0.5) is 5.69 Å². The van der Waals surface area contributed by atoms with Crippen molar-refractivity contribution in [1.29, 1.82) is 0 Å². The van der Waals surface area contributed by atoms with Crippen LogP contribution >= 0.6 is 0 Å². The van der Waals surface area contributed by atoms with E-state index in [0.717, 1.165) is 44.7 Å². The molecule has 0 atom stereocenters. The summed E-state index contributed by atoms with van der Waals surface area (Å²) in [6, 6.07) is 4.59. The van der Waals surface area contributed by atoms with Crippen molar-refractivity contribution in [2.75, 3.05) is 37.6 Å². The van der Waals surface area contributed by atoms with Crippen LogP contribution in [0.15, 0.2) is 30.2 Å². The summed E-state index contributed by atoms with van der Waals surface area (Å²) in [7, 11) is 0. The lowest BCUT2D eigenvalue weighted by Gasteiger charge is -2.42. The maximum absolute atomic E-state index is 11.0. The van der Waals surface area contributed by atoms with Crippen LogP contribution < -0.4 is 10.2 Å². The molecule has 3 rings (SSSR count). The van der Waals surface area contributed by atoms with E-state index < -0.39 is 0 Å². The smallest absolute Gasteiger partial charge is 0.147 e. The van der Waals surface area contributed by atoms with Gasteiger partial charge < -0.3 is 15.1 Å². The second-order valence-electron chi connectivity index (χ2n) is 5.34. The van der Waals surface area contributed by atoms with Crippen molar-refractivity contribution in [3.05, 3.63) is 30.2 Å². The van der Waals surface area contributed by atoms with E-state index in [2.05, 4.69) is 38.2 Å². The van der Waals surface area contributed by atoms with Crippen LogP contribution in [-0.2, 0) is 4.79 Å². The van der Waals surface area contributed by atoms with E-state index in [4.69, 9.17) is 0 Å². The van der Waals surface area contributed by atoms with E-state index in [-0.39, 0.29) is 0 Å². The number of anilines is 1. The molecule has 5 nitrogen and oxygen atoms in total. The van der Waals surface area contributed by atoms with E-state index in [9.17, 15) is 4.79 Å². The van der Waals surface area contributed by atoms with Gasteiger partial charge in [0.1, 0.15) is 11.6 Å². The fourth-order valence-corrected chi connectivity index (χ4v) is 3.13. The zero-order chi connectivity index (χ0) is 13.8. The topological polar surface area (TPSA) is 48.5 Å². The summed E-state index contributed by atoms with van der Waals surface area (Å²) in [5.74, 6) is 2.10. The van der Waals surface area contributed by atoms with Crippen LogP contribution in [0.25, 0.3) is 0 Å². The molecule has 0 bridgehead atoms. The van der Waals surface area contributed by atoms with E-state index in [1.165, 1.54) is 5.69 Å². The van der Waals surface area contributed by atoms with Crippen LogP contribution in [0.1, 0.15) is 12.8 Å². The predicted molar refractivity (Wildman–Crippen MR) is 78.3 cm³/mol. The minimum absolute atomic E-state index is 0.478. The maximum Gasteiger partial charge on any atom is 0.147 e. The average Bonchev–Trinajstić information content (AvgIpc) is 2.56. The van der Waals surface area contributed by atoms with Crippen molar-refractivity contribution in [2.45, 2.75) is 18.9 Å². The Morgan fingerprint density at radius 1 is 1.20 bits per heavy atom. The number of piperidine rings is 1. The summed E-state index contributed by atoms with van der Waals surface area (Å²) in [4.78, 5) is 19.8. The molecule has 0 aromatic carbocycles. The lowest BCUT2D eigenvalue weighted by atomic mass is 10.0. The fraction of sp³-hybridized carbons (Fsp3) is 0.533. The summed E-state index contributed by atoms with van der Waals surface area (Å²) < 4.78 is 0. The summed E-state index contributed by atoms with van der Waals surface area (Å²) in [6.07, 6.45) is 5.86. The summed E-state index contributed by atoms with van der Waals surface area (Å²) in [6.45, 7) is 4.60. The summed E-state index contributed by atoms with van der Waals surface area (Å²) in [5, 5.41) is 3.23. The van der Waals surface area contributed by atoms with Crippen LogP contribution in [-0.4, -0.2) is 54.6 Å². The zero-order valence-corrected chi connectivity index (χ0v) is 11.6. The molecule has 2 fully saturated rings. The Kier molecular flexibility index (Phi) is 4.00. The van der Waals surface area contributed by atoms with Gasteiger partial charge in [-0.1, -0.05) is 0 Å². The first kappa shape index (κ1) is 13.2. The molecule has 0 unspecified atom stereocenters. The Hall–Kier alpha value is -1.84. The van der Waals surface area contributed by atoms with E-state index >= 15 is 0 Å². The molecule has 106 valence electrons. The molecule has 0 amide bonds. The van der Waals surface area contributed by atoms with Gasteiger partial charge >= 0.3 is 0 Å². The highest BCUT2D eigenvalue weighted by Crippen LogP contribution is 2.24. The van der Waals surface area contributed by atoms with E-state index in [1.807, 2.05) is 12.4 Å². The molecule has 0 spiro atoms. The third-order valence-electron chi connectivity index (χ3n) is 4.22. The first-order valence-corrected chi connectivity index (χ1v) is 7.25. The van der Waals surface area contributed by atoms with E-state index in [1.54, 1.807) is 0 Å². The number of hydrogen-bond donors (Lipinski definition) is 1. The Labute approximate surface area is 119 Å². The molecule has 1 aromatic rings. The number of piperazine rings is 1. The van der Waals surface area contributed by atoms with Gasteiger partial charge in [0.05, 0.1) is 0 Å². The Bertz CT molecular complexity index is 490. The zero-order valence-electron chi connectivity index (χ0n) is 11.6. The Morgan fingerprint density at radius 3 is 2.65 bits per heavy atom. The number of rotatable bonds is 2. The van der Waals surface area contributed by atoms with Gasteiger partial charge in [-0.3, -0.25) is 4.98 Å². The number of hydrogen-bond acceptors (Lipinski definition) is 5. The maximum atomic E-state index is 11.0. The minimum Gasteiger partial charge on any atom is -0.371 e. The normalized spacial score (nSPS) is 20.9. The molecule has 2 aliphatic rings. The molecule has 0 radical (unpaired) electrons. The van der Waals surface area contributed by atoms with Gasteiger partial charge in [-0.25, -0.2) is 4.79 Å². The molecule has 0 aliphatic carbocycles. The third kappa shape index (κ3) is 2.69. The highest BCUT2D eigenvalue weighted by Gasteiger charge is 2.28. The molecule has 3 heterocycles. The second kappa shape index (κ2) is 6.07. The van der Waals surface area contributed by atoms with E-state index in [0.29, 0.717) is 12.6 Å². The van der Waals surface area contributed by atoms with Gasteiger partial charge in [-0.2, -0.15) is 0 Å². The van der Waals surface area contributed by atoms with Crippen molar-refractivity contribution >= 4 is 11.6 Å². The predicted octanol–water partition coefficient (Wildman–Crippen LogP) is 0.671. The molecule has 2 saturated heterocycles. The van der Waals surface area contributed by atoms with Crippen molar-refractivity contribution in [3.63, 3.8) is 0 Å². The first-order valence-electron chi connectivity index (χ1n) is 7.25. The molecular formula is C15H20N4O. The summed E-state index contributed by atoms with van der Waals surface area (Å²) in [5.41, 5.74) is 2.03. The van der Waals surface area contributed by atoms with Crippen molar-refractivity contribution in [1.82, 2.24) is 15.2 Å². The van der Waals surface area contributed by atoms with Crippen molar-refractivity contribution < 1.29 is 4.79 Å².